The van der Waals surface area contributed by atoms with Crippen LogP contribution in [-0.2, 0) is 17.4 Å². The number of benzene rings is 2. The third kappa shape index (κ3) is 5.73. The molecule has 2 heterocycles. The van der Waals surface area contributed by atoms with Gasteiger partial charge in [-0.25, -0.2) is 14.6 Å². The molecule has 2 aromatic heterocycles. The van der Waals surface area contributed by atoms with Crippen molar-refractivity contribution in [2.45, 2.75) is 19.5 Å². The number of halogens is 3. The highest BCUT2D eigenvalue weighted by Crippen LogP contribution is 2.29. The van der Waals surface area contributed by atoms with Gasteiger partial charge in [-0.1, -0.05) is 12.1 Å². The number of amides is 1. The highest BCUT2D eigenvalue weighted by atomic mass is 19.4. The molecule has 0 unspecified atom stereocenters. The normalized spacial score (nSPS) is 11.3. The van der Waals surface area contributed by atoms with Gasteiger partial charge in [-0.05, 0) is 55.0 Å². The molecule has 0 aliphatic heterocycles. The van der Waals surface area contributed by atoms with Crippen molar-refractivity contribution in [3.63, 3.8) is 0 Å². The van der Waals surface area contributed by atoms with Crippen molar-refractivity contribution in [1.29, 1.82) is 0 Å². The molecule has 0 spiro atoms. The summed E-state index contributed by atoms with van der Waals surface area (Å²) in [5, 5.41) is 10.1. The molecule has 0 bridgehead atoms. The Morgan fingerprint density at radius 3 is 2.33 bits per heavy atom. The number of anilines is 3. The molecule has 168 valence electrons. The summed E-state index contributed by atoms with van der Waals surface area (Å²) >= 11 is 0. The molecule has 0 aliphatic carbocycles. The number of nitrogens with one attached hydrogen (secondary N) is 2. The first-order valence-corrected chi connectivity index (χ1v) is 9.95. The van der Waals surface area contributed by atoms with Gasteiger partial charge in [0.15, 0.2) is 5.82 Å². The Labute approximate surface area is 187 Å². The lowest BCUT2D eigenvalue weighted by molar-refractivity contribution is -0.137. The Bertz CT molecular complexity index is 1240. The van der Waals surface area contributed by atoms with Gasteiger partial charge in [-0.15, -0.1) is 0 Å². The second-order valence-corrected chi connectivity index (χ2v) is 7.23. The molecule has 0 saturated carbocycles. The largest absolute Gasteiger partial charge is 0.416 e. The first-order chi connectivity index (χ1) is 15.8. The topological polar surface area (TPSA) is 84.7 Å². The maximum Gasteiger partial charge on any atom is 0.416 e. The fourth-order valence-electron chi connectivity index (χ4n) is 3.12. The Morgan fingerprint density at radius 2 is 1.70 bits per heavy atom. The molecule has 0 radical (unpaired) electrons. The summed E-state index contributed by atoms with van der Waals surface area (Å²) in [5.41, 5.74) is 1.06. The van der Waals surface area contributed by atoms with Crippen LogP contribution in [0.4, 0.5) is 30.4 Å². The predicted molar refractivity (Wildman–Crippen MR) is 117 cm³/mol. The van der Waals surface area contributed by atoms with Crippen LogP contribution in [0.5, 0.6) is 0 Å². The fourth-order valence-corrected chi connectivity index (χ4v) is 3.12. The number of hydrogen-bond donors (Lipinski definition) is 2. The highest BCUT2D eigenvalue weighted by Gasteiger charge is 2.29. The molecule has 0 fully saturated rings. The summed E-state index contributed by atoms with van der Waals surface area (Å²) in [6.45, 7) is 1.79. The summed E-state index contributed by atoms with van der Waals surface area (Å²) < 4.78 is 39.6. The zero-order valence-corrected chi connectivity index (χ0v) is 17.5. The summed E-state index contributed by atoms with van der Waals surface area (Å²) in [6.07, 6.45) is -0.987. The van der Waals surface area contributed by atoms with E-state index in [0.29, 0.717) is 28.7 Å². The molecule has 0 atom stereocenters. The van der Waals surface area contributed by atoms with Crippen molar-refractivity contribution in [3.8, 4) is 5.82 Å². The van der Waals surface area contributed by atoms with Crippen LogP contribution in [0.3, 0.4) is 0 Å². The smallest absolute Gasteiger partial charge is 0.340 e. The van der Waals surface area contributed by atoms with Gasteiger partial charge in [-0.2, -0.15) is 18.3 Å². The van der Waals surface area contributed by atoms with Crippen LogP contribution in [0, 0.1) is 6.92 Å². The van der Waals surface area contributed by atoms with Crippen molar-refractivity contribution in [2.75, 3.05) is 10.6 Å². The van der Waals surface area contributed by atoms with E-state index in [1.165, 1.54) is 12.1 Å². The predicted octanol–water partition coefficient (Wildman–Crippen LogP) is 4.91. The van der Waals surface area contributed by atoms with Crippen LogP contribution in [0.1, 0.15) is 17.0 Å². The average molecular weight is 452 g/mol. The van der Waals surface area contributed by atoms with Crippen molar-refractivity contribution in [1.82, 2.24) is 19.7 Å². The molecular weight excluding hydrogens is 433 g/mol. The van der Waals surface area contributed by atoms with Crippen LogP contribution >= 0.6 is 0 Å². The molecule has 4 rings (SSSR count). The van der Waals surface area contributed by atoms with Gasteiger partial charge in [0.1, 0.15) is 11.6 Å². The number of carbonyl (C=O) groups is 1. The minimum absolute atomic E-state index is 0.0332. The molecule has 0 aliphatic rings. The second-order valence-electron chi connectivity index (χ2n) is 7.23. The first kappa shape index (κ1) is 22.0. The maximum absolute atomic E-state index is 12.6. The monoisotopic (exact) mass is 452 g/mol. The minimum atomic E-state index is -4.40. The summed E-state index contributed by atoms with van der Waals surface area (Å²) in [6, 6.07) is 15.1. The van der Waals surface area contributed by atoms with Gasteiger partial charge in [0.05, 0.1) is 12.0 Å². The maximum atomic E-state index is 12.6. The minimum Gasteiger partial charge on any atom is -0.340 e. The average Bonchev–Trinajstić information content (AvgIpc) is 3.29. The Morgan fingerprint density at radius 1 is 1.00 bits per heavy atom. The lowest BCUT2D eigenvalue weighted by atomic mass is 10.1. The van der Waals surface area contributed by atoms with Crippen LogP contribution in [0.2, 0.25) is 0 Å². The SMILES string of the molecule is Cc1nc(Nc2ccc(NC(=O)Cc3ccc(C(F)(F)F)cc3)cc2)cc(-n2cccn2)n1. The lowest BCUT2D eigenvalue weighted by Crippen LogP contribution is -2.14. The third-order valence-corrected chi connectivity index (χ3v) is 4.65. The highest BCUT2D eigenvalue weighted by molar-refractivity contribution is 5.92. The van der Waals surface area contributed by atoms with Crippen LogP contribution in [-0.4, -0.2) is 25.7 Å². The quantitative estimate of drug-likeness (QED) is 0.434. The van der Waals surface area contributed by atoms with Gasteiger partial charge in [0.2, 0.25) is 5.91 Å². The Balaban J connectivity index is 1.37. The van der Waals surface area contributed by atoms with E-state index in [1.54, 1.807) is 60.4 Å². The van der Waals surface area contributed by atoms with E-state index in [2.05, 4.69) is 25.7 Å². The first-order valence-electron chi connectivity index (χ1n) is 9.95. The molecule has 1 amide bonds. The fraction of sp³-hybridized carbons (Fsp3) is 0.130. The van der Waals surface area contributed by atoms with Crippen molar-refractivity contribution in [2.24, 2.45) is 0 Å². The summed E-state index contributed by atoms with van der Waals surface area (Å²) in [5.74, 6) is 1.47. The summed E-state index contributed by atoms with van der Waals surface area (Å²) in [4.78, 5) is 21.0. The third-order valence-electron chi connectivity index (χ3n) is 4.65. The van der Waals surface area contributed by atoms with E-state index < -0.39 is 11.7 Å². The van der Waals surface area contributed by atoms with Crippen molar-refractivity contribution >= 4 is 23.1 Å². The number of alkyl halides is 3. The number of aryl methyl sites for hydroxylation is 1. The molecule has 10 heteroatoms. The molecule has 2 aromatic carbocycles. The van der Waals surface area contributed by atoms with Gasteiger partial charge in [-0.3, -0.25) is 4.79 Å². The lowest BCUT2D eigenvalue weighted by Gasteiger charge is -2.10. The van der Waals surface area contributed by atoms with Gasteiger partial charge in [0, 0.05) is 29.8 Å². The molecular formula is C23H19F3N6O. The zero-order chi connectivity index (χ0) is 23.4. The number of rotatable bonds is 6. The second kappa shape index (κ2) is 9.11. The van der Waals surface area contributed by atoms with Crippen molar-refractivity contribution in [3.05, 3.63) is 90.0 Å². The van der Waals surface area contributed by atoms with E-state index in [4.69, 9.17) is 0 Å². The van der Waals surface area contributed by atoms with Gasteiger partial charge < -0.3 is 10.6 Å². The van der Waals surface area contributed by atoms with E-state index in [0.717, 1.165) is 17.8 Å². The van der Waals surface area contributed by atoms with Crippen molar-refractivity contribution < 1.29 is 18.0 Å². The molecule has 4 aromatic rings. The van der Waals surface area contributed by atoms with Crippen LogP contribution in [0.25, 0.3) is 5.82 Å². The van der Waals surface area contributed by atoms with Crippen LogP contribution < -0.4 is 10.6 Å². The van der Waals surface area contributed by atoms with E-state index in [9.17, 15) is 18.0 Å². The molecule has 33 heavy (non-hydrogen) atoms. The summed E-state index contributed by atoms with van der Waals surface area (Å²) in [7, 11) is 0. The number of aromatic nitrogens is 4. The molecule has 7 nitrogen and oxygen atoms in total. The molecule has 0 saturated heterocycles. The Hall–Kier alpha value is -4.21. The zero-order valence-electron chi connectivity index (χ0n) is 17.5. The standard InChI is InChI=1S/C23H19F3N6O/c1-15-28-20(14-21(29-15)32-12-2-11-27-32)30-18-7-9-19(10-8-18)31-22(33)13-16-3-5-17(6-4-16)23(24,25)26/h2-12,14H,13H2,1H3,(H,31,33)(H,28,29,30). The number of nitrogens with zero attached hydrogens (tertiary/aromatic N) is 4. The Kier molecular flexibility index (Phi) is 6.07. The van der Waals surface area contributed by atoms with Gasteiger partial charge >= 0.3 is 6.18 Å². The van der Waals surface area contributed by atoms with Crippen LogP contribution in [0.15, 0.2) is 73.1 Å². The number of carbonyl (C=O) groups excluding carboxylic acids is 1. The van der Waals surface area contributed by atoms with E-state index >= 15 is 0 Å². The molecule has 2 N–H and O–H groups in total. The van der Waals surface area contributed by atoms with Gasteiger partial charge in [0.25, 0.3) is 0 Å². The van der Waals surface area contributed by atoms with E-state index in [1.807, 2.05) is 0 Å². The van der Waals surface area contributed by atoms with E-state index in [-0.39, 0.29) is 12.3 Å². The number of hydrogen-bond acceptors (Lipinski definition) is 5.